The Kier molecular flexibility index (Phi) is 3.32. The van der Waals surface area contributed by atoms with Crippen molar-refractivity contribution in [1.29, 1.82) is 0 Å². The van der Waals surface area contributed by atoms with Crippen molar-refractivity contribution in [3.63, 3.8) is 0 Å². The van der Waals surface area contributed by atoms with Gasteiger partial charge in [-0.15, -0.1) is 0 Å². The smallest absolute Gasteiger partial charge is 0.397 e. The van der Waals surface area contributed by atoms with E-state index in [1.54, 1.807) is 0 Å². The highest BCUT2D eigenvalue weighted by Gasteiger charge is 2.37. The summed E-state index contributed by atoms with van der Waals surface area (Å²) in [6, 6.07) is 0.648. The maximum atomic E-state index is 12.4. The van der Waals surface area contributed by atoms with E-state index < -0.39 is 41.8 Å². The van der Waals surface area contributed by atoms with Gasteiger partial charge in [0.15, 0.2) is 5.69 Å². The molecule has 0 saturated heterocycles. The monoisotopic (exact) mass is 242 g/mol. The van der Waals surface area contributed by atoms with Crippen molar-refractivity contribution < 1.29 is 27.1 Å². The Hall–Kier alpha value is -1.44. The van der Waals surface area contributed by atoms with E-state index >= 15 is 0 Å². The standard InChI is InChI=1S/C8H7F5N2O/c9-7(10)4-1-3(2-16)15-6(5(4)14)8(11,12)13/h1,7,16H,2,14H2. The minimum atomic E-state index is -4.93. The Labute approximate surface area is 86.7 Å². The number of alkyl halides is 5. The van der Waals surface area contributed by atoms with Crippen molar-refractivity contribution in [2.45, 2.75) is 19.2 Å². The number of aliphatic hydroxyl groups is 1. The van der Waals surface area contributed by atoms with Crippen molar-refractivity contribution in [3.8, 4) is 0 Å². The lowest BCUT2D eigenvalue weighted by molar-refractivity contribution is -0.140. The molecule has 0 atom stereocenters. The molecule has 3 nitrogen and oxygen atoms in total. The van der Waals surface area contributed by atoms with Crippen molar-refractivity contribution in [2.75, 3.05) is 5.73 Å². The lowest BCUT2D eigenvalue weighted by atomic mass is 10.1. The second-order valence-corrected chi connectivity index (χ2v) is 2.92. The van der Waals surface area contributed by atoms with E-state index in [4.69, 9.17) is 10.8 Å². The minimum Gasteiger partial charge on any atom is -0.397 e. The van der Waals surface area contributed by atoms with Crippen LogP contribution in [0.25, 0.3) is 0 Å². The SMILES string of the molecule is Nc1c(C(F)F)cc(CO)nc1C(F)(F)F. The molecule has 90 valence electrons. The number of halogens is 5. The van der Waals surface area contributed by atoms with E-state index in [0.717, 1.165) is 0 Å². The fraction of sp³-hybridized carbons (Fsp3) is 0.375. The Balaban J connectivity index is 3.44. The van der Waals surface area contributed by atoms with E-state index in [1.165, 1.54) is 0 Å². The first kappa shape index (κ1) is 12.6. The predicted octanol–water partition coefficient (Wildman–Crippen LogP) is 2.11. The highest BCUT2D eigenvalue weighted by molar-refractivity contribution is 5.53. The molecule has 0 amide bonds. The Morgan fingerprint density at radius 2 is 1.94 bits per heavy atom. The lowest BCUT2D eigenvalue weighted by Crippen LogP contribution is -2.15. The largest absolute Gasteiger partial charge is 0.435 e. The molecule has 1 aromatic rings. The van der Waals surface area contributed by atoms with Crippen LogP contribution in [-0.2, 0) is 12.8 Å². The van der Waals surface area contributed by atoms with Crippen molar-refractivity contribution >= 4 is 5.69 Å². The molecule has 0 aromatic carbocycles. The topological polar surface area (TPSA) is 59.1 Å². The van der Waals surface area contributed by atoms with Gasteiger partial charge in [-0.1, -0.05) is 0 Å². The van der Waals surface area contributed by atoms with Crippen LogP contribution in [0.15, 0.2) is 6.07 Å². The number of aliphatic hydroxyl groups excluding tert-OH is 1. The van der Waals surface area contributed by atoms with Gasteiger partial charge in [0.2, 0.25) is 0 Å². The van der Waals surface area contributed by atoms with Crippen molar-refractivity contribution in [1.82, 2.24) is 4.98 Å². The van der Waals surface area contributed by atoms with Gasteiger partial charge in [-0.05, 0) is 6.07 Å². The number of anilines is 1. The number of nitrogen functional groups attached to an aromatic ring is 1. The van der Waals surface area contributed by atoms with Gasteiger partial charge in [-0.2, -0.15) is 13.2 Å². The number of hydrogen-bond acceptors (Lipinski definition) is 3. The quantitative estimate of drug-likeness (QED) is 0.781. The van der Waals surface area contributed by atoms with Crippen LogP contribution in [0.4, 0.5) is 27.6 Å². The van der Waals surface area contributed by atoms with Crippen LogP contribution in [0, 0.1) is 0 Å². The maximum Gasteiger partial charge on any atom is 0.435 e. The summed E-state index contributed by atoms with van der Waals surface area (Å²) in [6.45, 7) is -0.872. The zero-order chi connectivity index (χ0) is 12.5. The molecule has 1 heterocycles. The summed E-state index contributed by atoms with van der Waals surface area (Å²) >= 11 is 0. The minimum absolute atomic E-state index is 0.503. The van der Waals surface area contributed by atoms with Crippen molar-refractivity contribution in [2.24, 2.45) is 0 Å². The number of nitrogens with two attached hydrogens (primary N) is 1. The normalized spacial score (nSPS) is 12.2. The molecule has 16 heavy (non-hydrogen) atoms. The molecule has 0 aliphatic heterocycles. The van der Waals surface area contributed by atoms with Crippen LogP contribution in [-0.4, -0.2) is 10.1 Å². The highest BCUT2D eigenvalue weighted by Crippen LogP contribution is 2.37. The third-order valence-corrected chi connectivity index (χ3v) is 1.81. The lowest BCUT2D eigenvalue weighted by Gasteiger charge is -2.13. The number of nitrogens with zero attached hydrogens (tertiary/aromatic N) is 1. The molecule has 0 bridgehead atoms. The molecular formula is C8H7F5N2O. The first-order valence-electron chi connectivity index (χ1n) is 4.03. The van der Waals surface area contributed by atoms with Gasteiger partial charge in [0.1, 0.15) is 0 Å². The van der Waals surface area contributed by atoms with Gasteiger partial charge in [0.25, 0.3) is 6.43 Å². The second-order valence-electron chi connectivity index (χ2n) is 2.92. The highest BCUT2D eigenvalue weighted by atomic mass is 19.4. The zero-order valence-electron chi connectivity index (χ0n) is 7.72. The van der Waals surface area contributed by atoms with Crippen LogP contribution in [0.2, 0.25) is 0 Å². The number of hydrogen-bond donors (Lipinski definition) is 2. The summed E-state index contributed by atoms with van der Waals surface area (Å²) in [5.41, 5.74) is 0.753. The molecule has 0 saturated carbocycles. The first-order chi connectivity index (χ1) is 7.27. The van der Waals surface area contributed by atoms with Gasteiger partial charge in [0.05, 0.1) is 18.0 Å². The third-order valence-electron chi connectivity index (χ3n) is 1.81. The number of pyridine rings is 1. The average Bonchev–Trinajstić information content (AvgIpc) is 2.15. The summed E-state index contributed by atoms with van der Waals surface area (Å²) in [6.07, 6.45) is -8.09. The molecule has 1 aromatic heterocycles. The summed E-state index contributed by atoms with van der Waals surface area (Å²) in [4.78, 5) is 2.97. The Morgan fingerprint density at radius 1 is 1.38 bits per heavy atom. The van der Waals surface area contributed by atoms with Crippen LogP contribution in [0.3, 0.4) is 0 Å². The van der Waals surface area contributed by atoms with Crippen LogP contribution < -0.4 is 5.73 Å². The van der Waals surface area contributed by atoms with E-state index in [2.05, 4.69) is 4.98 Å². The number of aromatic nitrogens is 1. The van der Waals surface area contributed by atoms with Gasteiger partial charge in [-0.25, -0.2) is 13.8 Å². The van der Waals surface area contributed by atoms with E-state index in [1.807, 2.05) is 0 Å². The second kappa shape index (κ2) is 4.20. The van der Waals surface area contributed by atoms with Crippen LogP contribution in [0.1, 0.15) is 23.4 Å². The van der Waals surface area contributed by atoms with Gasteiger partial charge in [0, 0.05) is 5.56 Å². The van der Waals surface area contributed by atoms with Crippen LogP contribution in [0.5, 0.6) is 0 Å². The van der Waals surface area contributed by atoms with E-state index in [9.17, 15) is 22.0 Å². The van der Waals surface area contributed by atoms with E-state index in [0.29, 0.717) is 6.07 Å². The average molecular weight is 242 g/mol. The first-order valence-corrected chi connectivity index (χ1v) is 4.03. The van der Waals surface area contributed by atoms with Gasteiger partial charge < -0.3 is 10.8 Å². The molecule has 8 heteroatoms. The molecule has 0 aliphatic carbocycles. The maximum absolute atomic E-state index is 12.4. The summed E-state index contributed by atoms with van der Waals surface area (Å²) in [5.74, 6) is 0. The van der Waals surface area contributed by atoms with E-state index in [-0.39, 0.29) is 0 Å². The Bertz CT molecular complexity index is 391. The molecule has 3 N–H and O–H groups in total. The van der Waals surface area contributed by atoms with Crippen LogP contribution >= 0.6 is 0 Å². The molecular weight excluding hydrogens is 235 g/mol. The van der Waals surface area contributed by atoms with Crippen molar-refractivity contribution in [3.05, 3.63) is 23.0 Å². The molecule has 0 aliphatic rings. The fourth-order valence-corrected chi connectivity index (χ4v) is 1.11. The summed E-state index contributed by atoms with van der Waals surface area (Å²) in [7, 11) is 0. The Morgan fingerprint density at radius 3 is 2.31 bits per heavy atom. The van der Waals surface area contributed by atoms with Gasteiger partial charge >= 0.3 is 6.18 Å². The summed E-state index contributed by atoms with van der Waals surface area (Å²) in [5, 5.41) is 8.61. The molecule has 0 radical (unpaired) electrons. The fourth-order valence-electron chi connectivity index (χ4n) is 1.11. The predicted molar refractivity (Wildman–Crippen MR) is 44.5 cm³/mol. The molecule has 0 unspecified atom stereocenters. The molecule has 0 fully saturated rings. The molecule has 1 rings (SSSR count). The zero-order valence-corrected chi connectivity index (χ0v) is 7.72. The van der Waals surface area contributed by atoms with Gasteiger partial charge in [-0.3, -0.25) is 0 Å². The third kappa shape index (κ3) is 2.38. The number of rotatable bonds is 2. The molecule has 0 spiro atoms. The summed E-state index contributed by atoms with van der Waals surface area (Å²) < 4.78 is 61.7.